The summed E-state index contributed by atoms with van der Waals surface area (Å²) in [6.45, 7) is 24.2. The molecule has 10 nitrogen and oxygen atoms in total. The van der Waals surface area contributed by atoms with E-state index in [4.69, 9.17) is 24.0 Å². The van der Waals surface area contributed by atoms with Crippen molar-refractivity contribution >= 4 is 60.6 Å². The second-order valence-corrected chi connectivity index (χ2v) is 30.2. The molecule has 1 unspecified atom stereocenters. The summed E-state index contributed by atoms with van der Waals surface area (Å²) in [7, 11) is -0.880. The molecule has 1 aromatic heterocycles. The van der Waals surface area contributed by atoms with Crippen LogP contribution in [0.5, 0.6) is 5.75 Å². The van der Waals surface area contributed by atoms with Gasteiger partial charge in [0.2, 0.25) is 0 Å². The average molecular weight is 841 g/mol. The van der Waals surface area contributed by atoms with E-state index in [1.165, 1.54) is 5.57 Å². The summed E-state index contributed by atoms with van der Waals surface area (Å²) in [5, 5.41) is 11.1. The molecule has 2 aromatic carbocycles. The first-order valence-electron chi connectivity index (χ1n) is 19.2. The van der Waals surface area contributed by atoms with Crippen LogP contribution in [-0.4, -0.2) is 93.3 Å². The lowest BCUT2D eigenvalue weighted by molar-refractivity contribution is -0.00966. The number of anilines is 1. The van der Waals surface area contributed by atoms with Gasteiger partial charge in [0, 0.05) is 47.2 Å². The smallest absolute Gasteiger partial charge is 0.414 e. The first kappa shape index (κ1) is 42.0. The molecule has 54 heavy (non-hydrogen) atoms. The molecular formula is C41H62BrN5O5Si2. The predicted octanol–water partition coefficient (Wildman–Crippen LogP) is 10.6. The molecule has 2 aliphatic heterocycles. The summed E-state index contributed by atoms with van der Waals surface area (Å²) in [5.74, 6) is 2.62. The third-order valence-corrected chi connectivity index (χ3v) is 14.0. The van der Waals surface area contributed by atoms with Crippen LogP contribution >= 0.6 is 15.9 Å². The van der Waals surface area contributed by atoms with Crippen LogP contribution in [0.4, 0.5) is 10.6 Å². The standard InChI is InChI=1S/C41H62BrN5O5Si2/c1-29-22-33(46(26-29)40(48)52-41(2,3)4)15-17-36-37(42)39(45(27-50-18-20-53(6,7)8)28-51-19-21-54(9,10)11)47-38(44-36)35(25-43-47)31-13-12-30-14-16-34(49-5)24-32(30)23-31/h12-14,16,23-26,33,36,44H,15,17-22,27-28H2,1-11H3/t33-,36?/m0/s1. The van der Waals surface area contributed by atoms with Crippen LogP contribution in [0, 0.1) is 0 Å². The number of ether oxygens (including phenoxy) is 4. The van der Waals surface area contributed by atoms with E-state index < -0.39 is 21.7 Å². The second kappa shape index (κ2) is 17.4. The van der Waals surface area contributed by atoms with Crippen molar-refractivity contribution in [3.8, 4) is 16.9 Å². The zero-order valence-corrected chi connectivity index (χ0v) is 37.9. The van der Waals surface area contributed by atoms with Gasteiger partial charge in [0.1, 0.15) is 36.5 Å². The van der Waals surface area contributed by atoms with Gasteiger partial charge in [0.05, 0.1) is 23.8 Å². The van der Waals surface area contributed by atoms with Crippen molar-refractivity contribution in [2.75, 3.05) is 39.1 Å². The Labute approximate surface area is 333 Å². The van der Waals surface area contributed by atoms with Gasteiger partial charge in [-0.2, -0.15) is 9.78 Å². The van der Waals surface area contributed by atoms with Crippen LogP contribution in [0.15, 0.2) is 58.9 Å². The van der Waals surface area contributed by atoms with Crippen molar-refractivity contribution in [2.24, 2.45) is 0 Å². The predicted molar refractivity (Wildman–Crippen MR) is 231 cm³/mol. The zero-order chi connectivity index (χ0) is 39.4. The highest BCUT2D eigenvalue weighted by Crippen LogP contribution is 2.41. The number of rotatable bonds is 16. The Kier molecular flexibility index (Phi) is 13.5. The molecule has 3 heterocycles. The van der Waals surface area contributed by atoms with E-state index in [0.717, 1.165) is 75.1 Å². The summed E-state index contributed by atoms with van der Waals surface area (Å²) < 4.78 is 27.1. The van der Waals surface area contributed by atoms with E-state index in [-0.39, 0.29) is 18.2 Å². The second-order valence-electron chi connectivity index (χ2n) is 18.1. The number of hydrogen-bond acceptors (Lipinski definition) is 8. The monoisotopic (exact) mass is 839 g/mol. The summed E-state index contributed by atoms with van der Waals surface area (Å²) in [6, 6.07) is 14.7. The molecule has 0 aliphatic carbocycles. The highest BCUT2D eigenvalue weighted by Gasteiger charge is 2.36. The minimum absolute atomic E-state index is 0.00178. The number of nitrogens with zero attached hydrogens (tertiary/aromatic N) is 4. The molecule has 13 heteroatoms. The topological polar surface area (TPSA) is 90.3 Å². The molecule has 2 atom stereocenters. The summed E-state index contributed by atoms with van der Waals surface area (Å²) in [4.78, 5) is 17.2. The van der Waals surface area contributed by atoms with Gasteiger partial charge in [0.25, 0.3) is 0 Å². The fourth-order valence-electron chi connectivity index (χ4n) is 6.60. The third kappa shape index (κ3) is 11.2. The zero-order valence-electron chi connectivity index (χ0n) is 34.3. The number of hydrogen-bond donors (Lipinski definition) is 1. The quantitative estimate of drug-likeness (QED) is 0.0867. The molecule has 5 rings (SSSR count). The number of carbonyl (C=O) groups excluding carboxylic acids is 1. The Bertz CT molecular complexity index is 1820. The molecule has 0 radical (unpaired) electrons. The molecule has 2 aliphatic rings. The van der Waals surface area contributed by atoms with Crippen LogP contribution < -0.4 is 10.1 Å². The van der Waals surface area contributed by atoms with Gasteiger partial charge in [-0.15, -0.1) is 0 Å². The number of nitrogens with one attached hydrogen (secondary N) is 1. The number of fused-ring (bicyclic) bond motifs is 2. The largest absolute Gasteiger partial charge is 0.497 e. The summed E-state index contributed by atoms with van der Waals surface area (Å²) in [6.07, 6.45) is 5.92. The Balaban J connectivity index is 1.50. The number of benzene rings is 2. The lowest BCUT2D eigenvalue weighted by Crippen LogP contribution is -2.40. The van der Waals surface area contributed by atoms with Crippen LogP contribution in [-0.2, 0) is 14.2 Å². The number of aromatic nitrogens is 2. The first-order valence-corrected chi connectivity index (χ1v) is 27.4. The molecule has 1 N–H and O–H groups in total. The van der Waals surface area contributed by atoms with Crippen LogP contribution in [0.25, 0.3) is 27.7 Å². The minimum Gasteiger partial charge on any atom is -0.497 e. The van der Waals surface area contributed by atoms with Gasteiger partial charge in [0.15, 0.2) is 0 Å². The van der Waals surface area contributed by atoms with Gasteiger partial charge in [-0.05, 0) is 110 Å². The van der Waals surface area contributed by atoms with E-state index >= 15 is 0 Å². The Morgan fingerprint density at radius 2 is 1.61 bits per heavy atom. The van der Waals surface area contributed by atoms with Crippen LogP contribution in [0.3, 0.4) is 0 Å². The van der Waals surface area contributed by atoms with Crippen molar-refractivity contribution in [3.05, 3.63) is 58.9 Å². The lowest BCUT2D eigenvalue weighted by Gasteiger charge is -2.36. The van der Waals surface area contributed by atoms with Gasteiger partial charge < -0.3 is 29.2 Å². The molecule has 0 saturated heterocycles. The number of halogens is 1. The van der Waals surface area contributed by atoms with E-state index in [1.807, 2.05) is 43.9 Å². The van der Waals surface area contributed by atoms with Crippen LogP contribution in [0.2, 0.25) is 51.4 Å². The molecule has 296 valence electrons. The minimum atomic E-state index is -1.29. The number of amides is 1. The van der Waals surface area contributed by atoms with Crippen molar-refractivity contribution in [1.82, 2.24) is 19.6 Å². The highest BCUT2D eigenvalue weighted by atomic mass is 79.9. The Hall–Kier alpha value is -3.11. The van der Waals surface area contributed by atoms with Gasteiger partial charge >= 0.3 is 6.09 Å². The summed E-state index contributed by atoms with van der Waals surface area (Å²) >= 11 is 4.08. The van der Waals surface area contributed by atoms with E-state index in [2.05, 4.69) is 103 Å². The third-order valence-electron chi connectivity index (χ3n) is 9.65. The molecule has 0 spiro atoms. The van der Waals surface area contributed by atoms with E-state index in [1.54, 1.807) is 12.0 Å². The fraction of sp³-hybridized carbons (Fsp3) is 0.561. The van der Waals surface area contributed by atoms with Crippen LogP contribution in [0.1, 0.15) is 47.0 Å². The van der Waals surface area contributed by atoms with Crippen molar-refractivity contribution in [1.29, 1.82) is 0 Å². The highest BCUT2D eigenvalue weighted by molar-refractivity contribution is 9.11. The van der Waals surface area contributed by atoms with E-state index in [9.17, 15) is 4.79 Å². The maximum Gasteiger partial charge on any atom is 0.414 e. The van der Waals surface area contributed by atoms with Crippen molar-refractivity contribution in [2.45, 2.75) is 116 Å². The molecule has 0 fully saturated rings. The van der Waals surface area contributed by atoms with Gasteiger partial charge in [-0.25, -0.2) is 4.79 Å². The van der Waals surface area contributed by atoms with Gasteiger partial charge in [-0.1, -0.05) is 63.1 Å². The summed E-state index contributed by atoms with van der Waals surface area (Å²) in [5.41, 5.74) is 2.65. The lowest BCUT2D eigenvalue weighted by atomic mass is 10.00. The van der Waals surface area contributed by atoms with Crippen molar-refractivity contribution in [3.63, 3.8) is 0 Å². The average Bonchev–Trinajstić information content (AvgIpc) is 3.67. The fourth-order valence-corrected chi connectivity index (χ4v) is 8.87. The Morgan fingerprint density at radius 1 is 0.963 bits per heavy atom. The normalized spacial score (nSPS) is 17.8. The van der Waals surface area contributed by atoms with E-state index in [0.29, 0.717) is 26.7 Å². The Morgan fingerprint density at radius 3 is 2.22 bits per heavy atom. The molecular weight excluding hydrogens is 779 g/mol. The van der Waals surface area contributed by atoms with Gasteiger partial charge in [-0.3, -0.25) is 4.90 Å². The maximum atomic E-state index is 13.3. The molecule has 0 bridgehead atoms. The first-order chi connectivity index (χ1) is 25.3. The number of methoxy groups -OCH3 is 1. The SMILES string of the molecule is COc1ccc2ccc(-c3cnn4c3NC(CC[C@H]3CC(C)=CN3C(=O)OC(C)(C)C)C(Br)=C4N(COCC[Si](C)(C)C)COCC[Si](C)(C)C)cc2c1. The number of carbonyl (C=O) groups is 1. The molecule has 1 amide bonds. The molecule has 0 saturated carbocycles. The maximum absolute atomic E-state index is 13.3. The molecule has 3 aromatic rings. The van der Waals surface area contributed by atoms with Crippen molar-refractivity contribution < 1.29 is 23.7 Å².